The molecule has 0 radical (unpaired) electrons. The minimum Gasteiger partial charge on any atom is -0.473 e. The third kappa shape index (κ3) is 4.14. The van der Waals surface area contributed by atoms with Crippen molar-refractivity contribution in [3.63, 3.8) is 0 Å². The molecule has 8 nitrogen and oxygen atoms in total. The summed E-state index contributed by atoms with van der Waals surface area (Å²) in [6.45, 7) is 5.64. The minimum absolute atomic E-state index is 0.681. The van der Waals surface area contributed by atoms with Crippen LogP contribution in [0.1, 0.15) is 31.5 Å². The molecule has 1 aromatic heterocycles. The van der Waals surface area contributed by atoms with Crippen molar-refractivity contribution in [2.75, 3.05) is 19.6 Å². The number of nitrogens with zero attached hydrogens (tertiary/aromatic N) is 3. The highest BCUT2D eigenvalue weighted by Gasteiger charge is 2.29. The van der Waals surface area contributed by atoms with E-state index >= 15 is 0 Å². The van der Waals surface area contributed by atoms with Crippen LogP contribution >= 0.6 is 0 Å². The summed E-state index contributed by atoms with van der Waals surface area (Å²) in [5.74, 6) is -1.42. The van der Waals surface area contributed by atoms with Gasteiger partial charge < -0.3 is 14.7 Å². The molecule has 8 heteroatoms. The monoisotopic (exact) mass is 309 g/mol. The molecule has 3 aliphatic rings. The first-order valence-electron chi connectivity index (χ1n) is 7.21. The van der Waals surface area contributed by atoms with Gasteiger partial charge in [0.05, 0.1) is 0 Å². The van der Waals surface area contributed by atoms with Crippen LogP contribution in [0.3, 0.4) is 0 Å². The zero-order chi connectivity index (χ0) is 16.1. The van der Waals surface area contributed by atoms with Gasteiger partial charge in [-0.2, -0.15) is 4.98 Å². The van der Waals surface area contributed by atoms with E-state index in [0.29, 0.717) is 5.89 Å². The predicted molar refractivity (Wildman–Crippen MR) is 76.1 cm³/mol. The summed E-state index contributed by atoms with van der Waals surface area (Å²) in [5, 5.41) is 18.7. The molecule has 4 heterocycles. The SMILES string of the molecule is CCc1noc(/C=C2\CN3CCC2CC3)n1.O=C(O)C(=O)O. The molecule has 3 fully saturated rings. The summed E-state index contributed by atoms with van der Waals surface area (Å²) in [6.07, 6.45) is 5.52. The Balaban J connectivity index is 0.000000254. The number of aryl methyl sites for hydroxylation is 1. The smallest absolute Gasteiger partial charge is 0.414 e. The zero-order valence-corrected chi connectivity index (χ0v) is 12.4. The Morgan fingerprint density at radius 1 is 1.32 bits per heavy atom. The summed E-state index contributed by atoms with van der Waals surface area (Å²) < 4.78 is 5.21. The Hall–Kier alpha value is -2.22. The molecule has 0 amide bonds. The molecular formula is C14H19N3O5. The highest BCUT2D eigenvalue weighted by Crippen LogP contribution is 2.32. The molecule has 0 aromatic carbocycles. The van der Waals surface area contributed by atoms with Crippen molar-refractivity contribution in [2.24, 2.45) is 5.92 Å². The van der Waals surface area contributed by atoms with Crippen LogP contribution in [0, 0.1) is 5.92 Å². The summed E-state index contributed by atoms with van der Waals surface area (Å²) >= 11 is 0. The first-order valence-corrected chi connectivity index (χ1v) is 7.21. The second-order valence-corrected chi connectivity index (χ2v) is 5.28. The maximum atomic E-state index is 9.10. The fourth-order valence-corrected chi connectivity index (χ4v) is 2.64. The van der Waals surface area contributed by atoms with Crippen LogP contribution in [0.2, 0.25) is 0 Å². The van der Waals surface area contributed by atoms with Gasteiger partial charge in [0.1, 0.15) is 0 Å². The van der Waals surface area contributed by atoms with E-state index in [1.165, 1.54) is 31.5 Å². The number of carboxylic acids is 2. The van der Waals surface area contributed by atoms with Crippen LogP contribution in [0.5, 0.6) is 0 Å². The van der Waals surface area contributed by atoms with E-state index < -0.39 is 11.9 Å². The molecule has 120 valence electrons. The third-order valence-corrected chi connectivity index (χ3v) is 3.81. The van der Waals surface area contributed by atoms with Gasteiger partial charge in [-0.3, -0.25) is 4.90 Å². The maximum absolute atomic E-state index is 9.10. The first-order chi connectivity index (χ1) is 10.5. The van der Waals surface area contributed by atoms with Crippen molar-refractivity contribution < 1.29 is 24.3 Å². The Kier molecular flexibility index (Phi) is 5.26. The van der Waals surface area contributed by atoms with Crippen molar-refractivity contribution in [1.29, 1.82) is 0 Å². The van der Waals surface area contributed by atoms with Crippen molar-refractivity contribution in [2.45, 2.75) is 26.2 Å². The van der Waals surface area contributed by atoms with Crippen LogP contribution in [-0.4, -0.2) is 56.8 Å². The lowest BCUT2D eigenvalue weighted by atomic mass is 9.83. The number of piperidine rings is 3. The highest BCUT2D eigenvalue weighted by molar-refractivity contribution is 6.27. The van der Waals surface area contributed by atoms with Gasteiger partial charge in [0, 0.05) is 19.0 Å². The number of hydrogen-bond donors (Lipinski definition) is 2. The molecule has 0 unspecified atom stereocenters. The van der Waals surface area contributed by atoms with E-state index in [1.807, 2.05) is 6.92 Å². The normalized spacial score (nSPS) is 24.7. The number of carbonyl (C=O) groups is 2. The van der Waals surface area contributed by atoms with Crippen LogP contribution in [-0.2, 0) is 16.0 Å². The maximum Gasteiger partial charge on any atom is 0.414 e. The number of carboxylic acid groups (broad SMARTS) is 2. The topological polar surface area (TPSA) is 117 Å². The van der Waals surface area contributed by atoms with E-state index in [1.54, 1.807) is 0 Å². The predicted octanol–water partition coefficient (Wildman–Crippen LogP) is 0.897. The van der Waals surface area contributed by atoms with Gasteiger partial charge >= 0.3 is 11.9 Å². The molecule has 2 bridgehead atoms. The van der Waals surface area contributed by atoms with Crippen LogP contribution in [0.25, 0.3) is 6.08 Å². The second-order valence-electron chi connectivity index (χ2n) is 5.28. The molecule has 3 aliphatic heterocycles. The molecule has 3 saturated heterocycles. The van der Waals surface area contributed by atoms with Crippen LogP contribution in [0.4, 0.5) is 0 Å². The lowest BCUT2D eigenvalue weighted by Gasteiger charge is -2.40. The van der Waals surface area contributed by atoms with E-state index in [0.717, 1.165) is 24.7 Å². The lowest BCUT2D eigenvalue weighted by Crippen LogP contribution is -2.42. The van der Waals surface area contributed by atoms with Crippen molar-refractivity contribution in [3.05, 3.63) is 17.3 Å². The largest absolute Gasteiger partial charge is 0.473 e. The summed E-state index contributed by atoms with van der Waals surface area (Å²) in [6, 6.07) is 0. The molecule has 0 atom stereocenters. The standard InChI is InChI=1S/C12H17N3O.C2H2O4/c1-2-11-13-12(16-14-11)7-10-8-15-5-3-9(10)4-6-15;3-1(4)2(5)6/h7,9H,2-6,8H2,1H3;(H,3,4)(H,5,6)/b10-7+;. The number of aliphatic carboxylic acids is 2. The van der Waals surface area contributed by atoms with Gasteiger partial charge in [0.15, 0.2) is 5.82 Å². The minimum atomic E-state index is -1.82. The molecule has 0 aliphatic carbocycles. The zero-order valence-electron chi connectivity index (χ0n) is 12.4. The van der Waals surface area contributed by atoms with Gasteiger partial charge in [0.25, 0.3) is 5.89 Å². The Bertz CT molecular complexity index is 561. The Morgan fingerprint density at radius 2 is 1.95 bits per heavy atom. The molecule has 4 rings (SSSR count). The van der Waals surface area contributed by atoms with Gasteiger partial charge in [-0.1, -0.05) is 12.1 Å². The van der Waals surface area contributed by atoms with E-state index in [9.17, 15) is 0 Å². The average molecular weight is 309 g/mol. The summed E-state index contributed by atoms with van der Waals surface area (Å²) in [7, 11) is 0. The Morgan fingerprint density at radius 3 is 2.36 bits per heavy atom. The summed E-state index contributed by atoms with van der Waals surface area (Å²) in [4.78, 5) is 25.0. The number of aromatic nitrogens is 2. The van der Waals surface area contributed by atoms with Gasteiger partial charge in [-0.15, -0.1) is 0 Å². The fraction of sp³-hybridized carbons (Fsp3) is 0.571. The van der Waals surface area contributed by atoms with E-state index in [4.69, 9.17) is 24.3 Å². The molecule has 1 aromatic rings. The number of rotatable bonds is 2. The van der Waals surface area contributed by atoms with Gasteiger partial charge in [-0.25, -0.2) is 9.59 Å². The molecule has 2 N–H and O–H groups in total. The summed E-state index contributed by atoms with van der Waals surface area (Å²) in [5.41, 5.74) is 1.48. The molecular weight excluding hydrogens is 290 g/mol. The Labute approximate surface area is 127 Å². The fourth-order valence-electron chi connectivity index (χ4n) is 2.64. The van der Waals surface area contributed by atoms with Gasteiger partial charge in [0.2, 0.25) is 0 Å². The lowest BCUT2D eigenvalue weighted by molar-refractivity contribution is -0.159. The quantitative estimate of drug-likeness (QED) is 0.774. The van der Waals surface area contributed by atoms with Gasteiger partial charge in [-0.05, 0) is 37.4 Å². The second kappa shape index (κ2) is 7.17. The van der Waals surface area contributed by atoms with E-state index in [-0.39, 0.29) is 0 Å². The van der Waals surface area contributed by atoms with Crippen molar-refractivity contribution in [3.8, 4) is 0 Å². The van der Waals surface area contributed by atoms with E-state index in [2.05, 4.69) is 21.1 Å². The highest BCUT2D eigenvalue weighted by atomic mass is 16.5. The molecule has 0 spiro atoms. The van der Waals surface area contributed by atoms with Crippen LogP contribution < -0.4 is 0 Å². The van der Waals surface area contributed by atoms with Crippen molar-refractivity contribution in [1.82, 2.24) is 15.0 Å². The number of hydrogen-bond acceptors (Lipinski definition) is 6. The first kappa shape index (κ1) is 16.2. The van der Waals surface area contributed by atoms with Crippen LogP contribution in [0.15, 0.2) is 10.1 Å². The molecule has 0 saturated carbocycles. The molecule has 22 heavy (non-hydrogen) atoms. The number of fused-ring (bicyclic) bond motifs is 3. The average Bonchev–Trinajstić information content (AvgIpc) is 2.96. The third-order valence-electron chi connectivity index (χ3n) is 3.81. The van der Waals surface area contributed by atoms with Crippen molar-refractivity contribution >= 4 is 18.0 Å².